The Hall–Kier alpha value is -3.36. The van der Waals surface area contributed by atoms with Gasteiger partial charge < -0.3 is 15.3 Å². The van der Waals surface area contributed by atoms with Crippen molar-refractivity contribution in [3.05, 3.63) is 58.4 Å². The van der Waals surface area contributed by atoms with Crippen LogP contribution in [0.15, 0.2) is 18.2 Å². The van der Waals surface area contributed by atoms with Crippen molar-refractivity contribution in [2.75, 3.05) is 12.3 Å². The van der Waals surface area contributed by atoms with Gasteiger partial charge in [-0.25, -0.2) is 13.2 Å². The summed E-state index contributed by atoms with van der Waals surface area (Å²) in [7, 11) is 0. The molecule has 0 aromatic heterocycles. The average Bonchev–Trinajstić information content (AvgIpc) is 2.70. The Morgan fingerprint density at radius 3 is 2.00 bits per heavy atom. The molecule has 0 aliphatic carbocycles. The molecule has 2 aromatic rings. The van der Waals surface area contributed by atoms with E-state index in [1.807, 2.05) is 0 Å². The molecule has 0 aliphatic heterocycles. The van der Waals surface area contributed by atoms with Gasteiger partial charge in [-0.15, -0.1) is 0 Å². The van der Waals surface area contributed by atoms with E-state index in [0.717, 1.165) is 12.1 Å². The van der Waals surface area contributed by atoms with Gasteiger partial charge in [0.05, 0.1) is 23.8 Å². The van der Waals surface area contributed by atoms with E-state index >= 15 is 0 Å². The number of halogens is 8. The van der Waals surface area contributed by atoms with Crippen molar-refractivity contribution >= 4 is 12.0 Å². The SMILES string of the molecule is CC(C=O)COc1c(F)c(F)c(F)c(F)c1F.N#Cc1ccc(N)cc1C(F)(F)F. The summed E-state index contributed by atoms with van der Waals surface area (Å²) in [5, 5.41) is 8.38. The van der Waals surface area contributed by atoms with E-state index < -0.39 is 64.7 Å². The first-order valence-corrected chi connectivity index (χ1v) is 7.81. The minimum Gasteiger partial charge on any atom is -0.487 e. The van der Waals surface area contributed by atoms with Crippen LogP contribution in [0.5, 0.6) is 5.75 Å². The van der Waals surface area contributed by atoms with Crippen molar-refractivity contribution in [2.45, 2.75) is 13.1 Å². The summed E-state index contributed by atoms with van der Waals surface area (Å²) in [5.41, 5.74) is 3.76. The number of ether oxygens (including phenoxy) is 1. The number of aldehydes is 1. The highest BCUT2D eigenvalue weighted by atomic mass is 19.4. The smallest absolute Gasteiger partial charge is 0.417 e. The van der Waals surface area contributed by atoms with Crippen LogP contribution >= 0.6 is 0 Å². The predicted molar refractivity (Wildman–Crippen MR) is 87.5 cm³/mol. The van der Waals surface area contributed by atoms with Crippen molar-refractivity contribution in [1.29, 1.82) is 5.26 Å². The van der Waals surface area contributed by atoms with Crippen LogP contribution in [-0.4, -0.2) is 12.9 Å². The third-order valence-corrected chi connectivity index (χ3v) is 3.36. The van der Waals surface area contributed by atoms with E-state index in [4.69, 9.17) is 11.0 Å². The molecule has 30 heavy (non-hydrogen) atoms. The summed E-state index contributed by atoms with van der Waals surface area (Å²) in [6.07, 6.45) is -4.10. The zero-order valence-corrected chi connectivity index (χ0v) is 15.0. The van der Waals surface area contributed by atoms with Crippen LogP contribution in [0.3, 0.4) is 0 Å². The Balaban J connectivity index is 0.000000311. The lowest BCUT2D eigenvalue weighted by Gasteiger charge is -2.11. The topological polar surface area (TPSA) is 76.1 Å². The number of alkyl halides is 3. The van der Waals surface area contributed by atoms with E-state index in [0.29, 0.717) is 6.29 Å². The number of carbonyl (C=O) groups excluding carboxylic acids is 1. The quantitative estimate of drug-likeness (QED) is 0.245. The number of nitrogen functional groups attached to an aromatic ring is 1. The molecule has 0 bridgehead atoms. The summed E-state index contributed by atoms with van der Waals surface area (Å²) < 4.78 is 105. The molecule has 0 aliphatic rings. The monoisotopic (exact) mass is 440 g/mol. The second-order valence-corrected chi connectivity index (χ2v) is 5.74. The molecule has 162 valence electrons. The molecule has 0 heterocycles. The molecular formula is C18H12F8N2O2. The van der Waals surface area contributed by atoms with Crippen molar-refractivity contribution in [2.24, 2.45) is 5.92 Å². The maximum atomic E-state index is 13.0. The number of carbonyl (C=O) groups is 1. The van der Waals surface area contributed by atoms with E-state index in [1.54, 1.807) is 0 Å². The third kappa shape index (κ3) is 5.82. The fraction of sp³-hybridized carbons (Fsp3) is 0.222. The van der Waals surface area contributed by atoms with Gasteiger partial charge in [0.2, 0.25) is 29.1 Å². The van der Waals surface area contributed by atoms with Gasteiger partial charge in [0.1, 0.15) is 6.29 Å². The summed E-state index contributed by atoms with van der Waals surface area (Å²) in [6.45, 7) is 0.876. The molecule has 2 rings (SSSR count). The van der Waals surface area contributed by atoms with Crippen LogP contribution in [0.4, 0.5) is 40.8 Å². The van der Waals surface area contributed by atoms with Gasteiger partial charge in [0, 0.05) is 11.6 Å². The maximum absolute atomic E-state index is 13.0. The highest BCUT2D eigenvalue weighted by molar-refractivity contribution is 5.53. The fourth-order valence-corrected chi connectivity index (χ4v) is 1.86. The van der Waals surface area contributed by atoms with Crippen molar-refractivity contribution in [3.8, 4) is 11.8 Å². The molecule has 0 saturated carbocycles. The number of benzene rings is 2. The van der Waals surface area contributed by atoms with Gasteiger partial charge in [0.15, 0.2) is 5.75 Å². The molecule has 0 radical (unpaired) electrons. The second kappa shape index (κ2) is 9.91. The second-order valence-electron chi connectivity index (χ2n) is 5.74. The number of nitriles is 1. The zero-order valence-electron chi connectivity index (χ0n) is 15.0. The first-order chi connectivity index (χ1) is 13.8. The lowest BCUT2D eigenvalue weighted by atomic mass is 10.1. The van der Waals surface area contributed by atoms with Crippen LogP contribution in [0, 0.1) is 46.3 Å². The standard InChI is InChI=1S/C10H7F5O2.C8H5F3N2/c1-4(2-16)3-17-10-8(14)6(12)5(11)7(13)9(10)15;9-8(10,11)7-3-6(13)2-1-5(7)4-12/h2,4H,3H2,1H3;1-3H,13H2. The predicted octanol–water partition coefficient (Wildman–Crippen LogP) is 4.76. The first-order valence-electron chi connectivity index (χ1n) is 7.81. The Kier molecular flexibility index (Phi) is 8.15. The van der Waals surface area contributed by atoms with Gasteiger partial charge in [-0.05, 0) is 18.2 Å². The number of hydrogen-bond donors (Lipinski definition) is 1. The summed E-state index contributed by atoms with van der Waals surface area (Å²) in [5.74, 6) is -12.6. The molecule has 2 aromatic carbocycles. The first kappa shape index (κ1) is 24.7. The lowest BCUT2D eigenvalue weighted by molar-refractivity contribution is -0.137. The number of hydrogen-bond acceptors (Lipinski definition) is 4. The largest absolute Gasteiger partial charge is 0.487 e. The molecule has 0 spiro atoms. The Bertz CT molecular complexity index is 941. The number of nitrogens with zero attached hydrogens (tertiary/aromatic N) is 1. The van der Waals surface area contributed by atoms with Crippen LogP contribution in [-0.2, 0) is 11.0 Å². The van der Waals surface area contributed by atoms with Gasteiger partial charge in [-0.3, -0.25) is 0 Å². The van der Waals surface area contributed by atoms with E-state index in [2.05, 4.69) is 4.74 Å². The highest BCUT2D eigenvalue weighted by Gasteiger charge is 2.33. The number of anilines is 1. The fourth-order valence-electron chi connectivity index (χ4n) is 1.86. The van der Waals surface area contributed by atoms with Crippen LogP contribution < -0.4 is 10.5 Å². The molecule has 12 heteroatoms. The molecule has 0 fully saturated rings. The summed E-state index contributed by atoms with van der Waals surface area (Å²) in [4.78, 5) is 10.2. The van der Waals surface area contributed by atoms with Crippen molar-refractivity contribution in [1.82, 2.24) is 0 Å². The van der Waals surface area contributed by atoms with Gasteiger partial charge >= 0.3 is 6.18 Å². The molecule has 0 saturated heterocycles. The van der Waals surface area contributed by atoms with Crippen LogP contribution in [0.25, 0.3) is 0 Å². The molecular weight excluding hydrogens is 428 g/mol. The Morgan fingerprint density at radius 1 is 1.07 bits per heavy atom. The van der Waals surface area contributed by atoms with Gasteiger partial charge in [0.25, 0.3) is 0 Å². The molecule has 2 N–H and O–H groups in total. The van der Waals surface area contributed by atoms with Gasteiger partial charge in [-0.2, -0.15) is 27.2 Å². The van der Waals surface area contributed by atoms with E-state index in [1.165, 1.54) is 19.1 Å². The lowest BCUT2D eigenvalue weighted by Crippen LogP contribution is -2.13. The molecule has 0 amide bonds. The van der Waals surface area contributed by atoms with Crippen LogP contribution in [0.1, 0.15) is 18.1 Å². The van der Waals surface area contributed by atoms with Gasteiger partial charge in [-0.1, -0.05) is 6.92 Å². The summed E-state index contributed by atoms with van der Waals surface area (Å²) >= 11 is 0. The number of nitrogens with two attached hydrogens (primary N) is 1. The maximum Gasteiger partial charge on any atom is 0.417 e. The minimum absolute atomic E-state index is 0.00803. The van der Waals surface area contributed by atoms with E-state index in [-0.39, 0.29) is 5.69 Å². The third-order valence-electron chi connectivity index (χ3n) is 3.36. The minimum atomic E-state index is -4.53. The number of rotatable bonds is 4. The summed E-state index contributed by atoms with van der Waals surface area (Å²) in [6, 6.07) is 4.51. The Morgan fingerprint density at radius 2 is 1.57 bits per heavy atom. The van der Waals surface area contributed by atoms with Crippen molar-refractivity contribution < 1.29 is 44.7 Å². The van der Waals surface area contributed by atoms with Crippen LogP contribution in [0.2, 0.25) is 0 Å². The zero-order chi connectivity index (χ0) is 23.2. The molecule has 1 unspecified atom stereocenters. The Labute approximate surface area is 164 Å². The highest BCUT2D eigenvalue weighted by Crippen LogP contribution is 2.33. The molecule has 4 nitrogen and oxygen atoms in total. The average molecular weight is 440 g/mol. The van der Waals surface area contributed by atoms with Crippen molar-refractivity contribution in [3.63, 3.8) is 0 Å². The van der Waals surface area contributed by atoms with E-state index in [9.17, 15) is 39.9 Å². The normalized spacial score (nSPS) is 11.7. The molecule has 1 atom stereocenters.